The number of benzene rings is 2. The van der Waals surface area contributed by atoms with Crippen LogP contribution in [0, 0.1) is 6.92 Å². The summed E-state index contributed by atoms with van der Waals surface area (Å²) in [6, 6.07) is 14.2. The van der Waals surface area contributed by atoms with Gasteiger partial charge >= 0.3 is 5.97 Å². The summed E-state index contributed by atoms with van der Waals surface area (Å²) in [5.41, 5.74) is 1.84. The number of para-hydroxylation sites is 1. The van der Waals surface area contributed by atoms with Crippen molar-refractivity contribution >= 4 is 33.5 Å². The van der Waals surface area contributed by atoms with Crippen LogP contribution in [-0.2, 0) is 4.79 Å². The highest BCUT2D eigenvalue weighted by molar-refractivity contribution is 9.10. The summed E-state index contributed by atoms with van der Waals surface area (Å²) in [6.07, 6.45) is 0. The van der Waals surface area contributed by atoms with E-state index >= 15 is 0 Å². The summed E-state index contributed by atoms with van der Waals surface area (Å²) in [4.78, 5) is 25.0. The molecule has 0 aliphatic heterocycles. The van der Waals surface area contributed by atoms with E-state index in [-0.39, 0.29) is 12.5 Å². The lowest BCUT2D eigenvalue weighted by Gasteiger charge is -2.22. The van der Waals surface area contributed by atoms with E-state index in [0.717, 1.165) is 10.0 Å². The number of nitrogens with zero attached hydrogens (tertiary/aromatic N) is 1. The van der Waals surface area contributed by atoms with Crippen LogP contribution < -0.4 is 4.90 Å². The monoisotopic (exact) mass is 347 g/mol. The number of hydrogen-bond donors (Lipinski definition) is 1. The normalized spacial score (nSPS) is 10.2. The van der Waals surface area contributed by atoms with Gasteiger partial charge in [0.05, 0.1) is 0 Å². The molecule has 0 bridgehead atoms. The van der Waals surface area contributed by atoms with Gasteiger partial charge < -0.3 is 5.11 Å². The summed E-state index contributed by atoms with van der Waals surface area (Å²) in [5.74, 6) is -1.39. The van der Waals surface area contributed by atoms with Gasteiger partial charge in [0.1, 0.15) is 6.54 Å². The quantitative estimate of drug-likeness (QED) is 0.920. The van der Waals surface area contributed by atoms with Crippen LogP contribution in [0.3, 0.4) is 0 Å². The number of halogens is 1. The number of aryl methyl sites for hydroxylation is 1. The zero-order chi connectivity index (χ0) is 15.4. The van der Waals surface area contributed by atoms with Gasteiger partial charge in [0.2, 0.25) is 0 Å². The molecule has 21 heavy (non-hydrogen) atoms. The average Bonchev–Trinajstić information content (AvgIpc) is 2.47. The highest BCUT2D eigenvalue weighted by Crippen LogP contribution is 2.21. The van der Waals surface area contributed by atoms with Crippen molar-refractivity contribution in [1.82, 2.24) is 0 Å². The molecule has 4 nitrogen and oxygen atoms in total. The molecule has 0 saturated carbocycles. The number of carboxylic acids is 1. The predicted molar refractivity (Wildman–Crippen MR) is 84.6 cm³/mol. The molecule has 5 heteroatoms. The zero-order valence-electron chi connectivity index (χ0n) is 11.4. The number of carboxylic acid groups (broad SMARTS) is 1. The molecule has 0 saturated heterocycles. The molecule has 1 amide bonds. The van der Waals surface area contributed by atoms with Crippen molar-refractivity contribution in [3.05, 3.63) is 64.1 Å². The standard InChI is InChI=1S/C16H14BrNO3/c1-11-7-8-12(17)9-14(11)16(21)18(10-15(19)20)13-5-3-2-4-6-13/h2-9H,10H2,1H3,(H,19,20). The van der Waals surface area contributed by atoms with Gasteiger partial charge in [-0.2, -0.15) is 0 Å². The van der Waals surface area contributed by atoms with Crippen LogP contribution in [0.5, 0.6) is 0 Å². The summed E-state index contributed by atoms with van der Waals surface area (Å²) < 4.78 is 0.778. The number of aliphatic carboxylic acids is 1. The van der Waals surface area contributed by atoms with E-state index in [1.807, 2.05) is 25.1 Å². The Bertz CT molecular complexity index is 670. The molecule has 0 atom stereocenters. The third-order valence-electron chi connectivity index (χ3n) is 3.04. The summed E-state index contributed by atoms with van der Waals surface area (Å²) >= 11 is 3.33. The molecule has 0 aliphatic rings. The maximum atomic E-state index is 12.7. The largest absolute Gasteiger partial charge is 0.480 e. The van der Waals surface area contributed by atoms with Crippen LogP contribution in [0.4, 0.5) is 5.69 Å². The molecule has 0 aliphatic carbocycles. The van der Waals surface area contributed by atoms with E-state index in [1.54, 1.807) is 30.3 Å². The van der Waals surface area contributed by atoms with E-state index in [2.05, 4.69) is 15.9 Å². The maximum Gasteiger partial charge on any atom is 0.323 e. The number of hydrogen-bond acceptors (Lipinski definition) is 2. The molecule has 0 fully saturated rings. The van der Waals surface area contributed by atoms with Crippen LogP contribution in [-0.4, -0.2) is 23.5 Å². The Hall–Kier alpha value is -2.14. The van der Waals surface area contributed by atoms with Crippen molar-refractivity contribution in [1.29, 1.82) is 0 Å². The fourth-order valence-electron chi connectivity index (χ4n) is 1.99. The second-order valence-corrected chi connectivity index (χ2v) is 5.50. The van der Waals surface area contributed by atoms with Crippen molar-refractivity contribution in [3.63, 3.8) is 0 Å². The first-order valence-electron chi connectivity index (χ1n) is 6.34. The zero-order valence-corrected chi connectivity index (χ0v) is 13.0. The lowest BCUT2D eigenvalue weighted by atomic mass is 10.1. The van der Waals surface area contributed by atoms with Crippen LogP contribution in [0.25, 0.3) is 0 Å². The van der Waals surface area contributed by atoms with Crippen molar-refractivity contribution in [2.45, 2.75) is 6.92 Å². The molecule has 0 spiro atoms. The fourth-order valence-corrected chi connectivity index (χ4v) is 2.35. The van der Waals surface area contributed by atoms with E-state index in [0.29, 0.717) is 11.3 Å². The van der Waals surface area contributed by atoms with Crippen LogP contribution in [0.15, 0.2) is 53.0 Å². The van der Waals surface area contributed by atoms with Crippen LogP contribution in [0.1, 0.15) is 15.9 Å². The Labute approximate surface area is 131 Å². The van der Waals surface area contributed by atoms with Crippen LogP contribution >= 0.6 is 15.9 Å². The summed E-state index contributed by atoms with van der Waals surface area (Å²) in [6.45, 7) is 1.44. The Morgan fingerprint density at radius 1 is 1.14 bits per heavy atom. The molecule has 0 radical (unpaired) electrons. The van der Waals surface area contributed by atoms with E-state index < -0.39 is 5.97 Å². The van der Waals surface area contributed by atoms with Gasteiger partial charge in [-0.25, -0.2) is 0 Å². The third kappa shape index (κ3) is 3.70. The van der Waals surface area contributed by atoms with Gasteiger partial charge in [0.15, 0.2) is 0 Å². The average molecular weight is 348 g/mol. The number of anilines is 1. The van der Waals surface area contributed by atoms with E-state index in [4.69, 9.17) is 5.11 Å². The minimum atomic E-state index is -1.06. The minimum Gasteiger partial charge on any atom is -0.480 e. The first kappa shape index (κ1) is 15.3. The van der Waals surface area contributed by atoms with Gasteiger partial charge in [-0.1, -0.05) is 40.2 Å². The van der Waals surface area contributed by atoms with Crippen molar-refractivity contribution in [2.24, 2.45) is 0 Å². The van der Waals surface area contributed by atoms with Gasteiger partial charge in [-0.15, -0.1) is 0 Å². The lowest BCUT2D eigenvalue weighted by Crippen LogP contribution is -2.36. The topological polar surface area (TPSA) is 57.6 Å². The molecular weight excluding hydrogens is 334 g/mol. The summed E-state index contributed by atoms with van der Waals surface area (Å²) in [7, 11) is 0. The minimum absolute atomic E-state index is 0.331. The number of rotatable bonds is 4. The molecule has 2 aromatic rings. The van der Waals surface area contributed by atoms with Gasteiger partial charge in [-0.3, -0.25) is 14.5 Å². The molecular formula is C16H14BrNO3. The molecule has 2 aromatic carbocycles. The van der Waals surface area contributed by atoms with Gasteiger partial charge in [0.25, 0.3) is 5.91 Å². The highest BCUT2D eigenvalue weighted by Gasteiger charge is 2.21. The fraction of sp³-hybridized carbons (Fsp3) is 0.125. The Kier molecular flexibility index (Phi) is 4.75. The van der Waals surface area contributed by atoms with Crippen molar-refractivity contribution < 1.29 is 14.7 Å². The number of amides is 1. The Balaban J connectivity index is 2.43. The van der Waals surface area contributed by atoms with E-state index in [1.165, 1.54) is 4.90 Å². The summed E-state index contributed by atoms with van der Waals surface area (Å²) in [5, 5.41) is 9.06. The number of carbonyl (C=O) groups excluding carboxylic acids is 1. The number of carbonyl (C=O) groups is 2. The highest BCUT2D eigenvalue weighted by atomic mass is 79.9. The van der Waals surface area contributed by atoms with Crippen molar-refractivity contribution in [3.8, 4) is 0 Å². The lowest BCUT2D eigenvalue weighted by molar-refractivity contribution is -0.135. The molecule has 0 heterocycles. The predicted octanol–water partition coefficient (Wildman–Crippen LogP) is 3.49. The first-order chi connectivity index (χ1) is 9.99. The Morgan fingerprint density at radius 2 is 1.81 bits per heavy atom. The molecule has 2 rings (SSSR count). The van der Waals surface area contributed by atoms with Gasteiger partial charge in [-0.05, 0) is 36.8 Å². The second kappa shape index (κ2) is 6.54. The van der Waals surface area contributed by atoms with Gasteiger partial charge in [0, 0.05) is 15.7 Å². The second-order valence-electron chi connectivity index (χ2n) is 4.58. The SMILES string of the molecule is Cc1ccc(Br)cc1C(=O)N(CC(=O)O)c1ccccc1. The Morgan fingerprint density at radius 3 is 2.43 bits per heavy atom. The smallest absolute Gasteiger partial charge is 0.323 e. The third-order valence-corrected chi connectivity index (χ3v) is 3.53. The molecule has 0 aromatic heterocycles. The van der Waals surface area contributed by atoms with Crippen LogP contribution in [0.2, 0.25) is 0 Å². The first-order valence-corrected chi connectivity index (χ1v) is 7.13. The van der Waals surface area contributed by atoms with E-state index in [9.17, 15) is 9.59 Å². The molecule has 0 unspecified atom stereocenters. The van der Waals surface area contributed by atoms with Crippen molar-refractivity contribution in [2.75, 3.05) is 11.4 Å². The maximum absolute atomic E-state index is 12.7. The molecule has 1 N–H and O–H groups in total. The molecule has 108 valence electrons.